The molecule has 1 saturated carbocycles. The Labute approximate surface area is 84.8 Å². The fourth-order valence-electron chi connectivity index (χ4n) is 1.83. The molecule has 1 fully saturated rings. The highest BCUT2D eigenvalue weighted by Gasteiger charge is 2.31. The Bertz CT molecular complexity index is 192. The van der Waals surface area contributed by atoms with E-state index in [0.29, 0.717) is 12.6 Å². The third-order valence-corrected chi connectivity index (χ3v) is 2.94. The second-order valence-corrected chi connectivity index (χ2v) is 3.75. The standard InChI is InChI=1S/C10H19NO3/c1-8(10(13)14-2)11(6-7-12)9-4-3-5-9/h8-9,12H,3-7H2,1-2H3. The molecular weight excluding hydrogens is 182 g/mol. The highest BCUT2D eigenvalue weighted by Crippen LogP contribution is 2.26. The van der Waals surface area contributed by atoms with Crippen molar-refractivity contribution in [3.05, 3.63) is 0 Å². The number of hydrogen-bond donors (Lipinski definition) is 1. The summed E-state index contributed by atoms with van der Waals surface area (Å²) in [5.74, 6) is -0.217. The van der Waals surface area contributed by atoms with E-state index in [2.05, 4.69) is 0 Å². The largest absolute Gasteiger partial charge is 0.468 e. The first-order valence-electron chi connectivity index (χ1n) is 5.15. The van der Waals surface area contributed by atoms with Gasteiger partial charge < -0.3 is 9.84 Å². The van der Waals surface area contributed by atoms with Crippen LogP contribution in [0, 0.1) is 0 Å². The number of aliphatic hydroxyl groups excluding tert-OH is 1. The summed E-state index contributed by atoms with van der Waals surface area (Å²) in [5.41, 5.74) is 0. The number of methoxy groups -OCH3 is 1. The van der Waals surface area contributed by atoms with Crippen LogP contribution in [0.2, 0.25) is 0 Å². The van der Waals surface area contributed by atoms with Crippen molar-refractivity contribution in [2.45, 2.75) is 38.3 Å². The average Bonchev–Trinajstić information content (AvgIpc) is 2.12. The molecule has 82 valence electrons. The molecule has 0 radical (unpaired) electrons. The normalized spacial score (nSPS) is 19.1. The average molecular weight is 201 g/mol. The van der Waals surface area contributed by atoms with E-state index < -0.39 is 0 Å². The second kappa shape index (κ2) is 5.32. The monoisotopic (exact) mass is 201 g/mol. The van der Waals surface area contributed by atoms with Gasteiger partial charge in [0.15, 0.2) is 0 Å². The molecule has 4 nitrogen and oxygen atoms in total. The highest BCUT2D eigenvalue weighted by atomic mass is 16.5. The van der Waals surface area contributed by atoms with Gasteiger partial charge in [-0.05, 0) is 19.8 Å². The molecule has 0 amide bonds. The van der Waals surface area contributed by atoms with Crippen molar-refractivity contribution >= 4 is 5.97 Å². The van der Waals surface area contributed by atoms with Crippen molar-refractivity contribution in [2.24, 2.45) is 0 Å². The molecule has 0 aliphatic heterocycles. The van der Waals surface area contributed by atoms with Gasteiger partial charge in [0.25, 0.3) is 0 Å². The molecule has 0 aromatic heterocycles. The maximum Gasteiger partial charge on any atom is 0.322 e. The minimum atomic E-state index is -0.238. The van der Waals surface area contributed by atoms with Gasteiger partial charge in [-0.1, -0.05) is 6.42 Å². The molecule has 1 atom stereocenters. The van der Waals surface area contributed by atoms with Gasteiger partial charge in [0, 0.05) is 12.6 Å². The Morgan fingerprint density at radius 2 is 2.29 bits per heavy atom. The maximum absolute atomic E-state index is 11.3. The van der Waals surface area contributed by atoms with Gasteiger partial charge in [0.2, 0.25) is 0 Å². The fraction of sp³-hybridized carbons (Fsp3) is 0.900. The number of nitrogens with zero attached hydrogens (tertiary/aromatic N) is 1. The van der Waals surface area contributed by atoms with Gasteiger partial charge in [0.1, 0.15) is 6.04 Å². The minimum absolute atomic E-state index is 0.0951. The summed E-state index contributed by atoms with van der Waals surface area (Å²) in [6.07, 6.45) is 3.48. The minimum Gasteiger partial charge on any atom is -0.468 e. The molecule has 0 bridgehead atoms. The van der Waals surface area contributed by atoms with Crippen LogP contribution in [-0.2, 0) is 9.53 Å². The van der Waals surface area contributed by atoms with E-state index >= 15 is 0 Å². The SMILES string of the molecule is COC(=O)C(C)N(CCO)C1CCC1. The van der Waals surface area contributed by atoms with E-state index in [1.807, 2.05) is 11.8 Å². The number of hydrogen-bond acceptors (Lipinski definition) is 4. The van der Waals surface area contributed by atoms with Gasteiger partial charge >= 0.3 is 5.97 Å². The molecule has 1 aliphatic carbocycles. The number of rotatable bonds is 5. The molecule has 0 spiro atoms. The molecule has 1 aliphatic rings. The quantitative estimate of drug-likeness (QED) is 0.654. The van der Waals surface area contributed by atoms with Crippen molar-refractivity contribution in [3.63, 3.8) is 0 Å². The molecule has 4 heteroatoms. The van der Waals surface area contributed by atoms with Gasteiger partial charge in [-0.25, -0.2) is 0 Å². The molecular formula is C10H19NO3. The van der Waals surface area contributed by atoms with E-state index in [4.69, 9.17) is 9.84 Å². The number of esters is 1. The van der Waals surface area contributed by atoms with Gasteiger partial charge in [-0.3, -0.25) is 9.69 Å². The summed E-state index contributed by atoms with van der Waals surface area (Å²) in [6, 6.07) is 0.216. The van der Waals surface area contributed by atoms with Crippen molar-refractivity contribution in [1.29, 1.82) is 0 Å². The lowest BCUT2D eigenvalue weighted by Gasteiger charge is -2.39. The Kier molecular flexibility index (Phi) is 4.35. The molecule has 1 unspecified atom stereocenters. The van der Waals surface area contributed by atoms with Gasteiger partial charge in [-0.2, -0.15) is 0 Å². The number of aliphatic hydroxyl groups is 1. The molecule has 14 heavy (non-hydrogen) atoms. The van der Waals surface area contributed by atoms with E-state index in [1.165, 1.54) is 13.5 Å². The first kappa shape index (κ1) is 11.5. The summed E-state index contributed by atoms with van der Waals surface area (Å²) >= 11 is 0. The molecule has 1 rings (SSSR count). The van der Waals surface area contributed by atoms with Crippen LogP contribution in [0.3, 0.4) is 0 Å². The number of carbonyl (C=O) groups excluding carboxylic acids is 1. The van der Waals surface area contributed by atoms with Gasteiger partial charge in [0.05, 0.1) is 13.7 Å². The predicted molar refractivity (Wildman–Crippen MR) is 52.9 cm³/mol. The lowest BCUT2D eigenvalue weighted by molar-refractivity contribution is -0.148. The van der Waals surface area contributed by atoms with Crippen LogP contribution in [0.4, 0.5) is 0 Å². The Morgan fingerprint density at radius 3 is 2.64 bits per heavy atom. The van der Waals surface area contributed by atoms with Crippen LogP contribution >= 0.6 is 0 Å². The molecule has 0 aromatic carbocycles. The molecule has 0 aromatic rings. The lowest BCUT2D eigenvalue weighted by Crippen LogP contribution is -2.50. The topological polar surface area (TPSA) is 49.8 Å². The Morgan fingerprint density at radius 1 is 1.64 bits per heavy atom. The summed E-state index contributed by atoms with van der Waals surface area (Å²) in [4.78, 5) is 13.4. The van der Waals surface area contributed by atoms with E-state index in [9.17, 15) is 4.79 Å². The Hall–Kier alpha value is -0.610. The van der Waals surface area contributed by atoms with E-state index in [1.54, 1.807) is 0 Å². The summed E-state index contributed by atoms with van der Waals surface area (Å²) in [7, 11) is 1.40. The first-order chi connectivity index (χ1) is 6.70. The first-order valence-corrected chi connectivity index (χ1v) is 5.15. The molecule has 1 N–H and O–H groups in total. The van der Waals surface area contributed by atoms with Gasteiger partial charge in [-0.15, -0.1) is 0 Å². The van der Waals surface area contributed by atoms with Crippen LogP contribution in [0.5, 0.6) is 0 Å². The van der Waals surface area contributed by atoms with E-state index in [0.717, 1.165) is 12.8 Å². The van der Waals surface area contributed by atoms with Crippen LogP contribution in [0.15, 0.2) is 0 Å². The number of ether oxygens (including phenoxy) is 1. The zero-order valence-corrected chi connectivity index (χ0v) is 8.90. The smallest absolute Gasteiger partial charge is 0.322 e. The third-order valence-electron chi connectivity index (χ3n) is 2.94. The predicted octanol–water partition coefficient (Wildman–Crippen LogP) is 0.395. The Balaban J connectivity index is 2.51. The maximum atomic E-state index is 11.3. The molecule has 0 saturated heterocycles. The molecule has 0 heterocycles. The second-order valence-electron chi connectivity index (χ2n) is 3.75. The van der Waals surface area contributed by atoms with Crippen LogP contribution < -0.4 is 0 Å². The zero-order valence-electron chi connectivity index (χ0n) is 8.90. The van der Waals surface area contributed by atoms with Crippen molar-refractivity contribution in [2.75, 3.05) is 20.3 Å². The van der Waals surface area contributed by atoms with E-state index in [-0.39, 0.29) is 18.6 Å². The third kappa shape index (κ3) is 2.45. The summed E-state index contributed by atoms with van der Waals surface area (Å²) < 4.78 is 4.70. The zero-order chi connectivity index (χ0) is 10.6. The van der Waals surface area contributed by atoms with Crippen molar-refractivity contribution in [1.82, 2.24) is 4.90 Å². The summed E-state index contributed by atoms with van der Waals surface area (Å²) in [6.45, 7) is 2.48. The number of carbonyl (C=O) groups is 1. The fourth-order valence-corrected chi connectivity index (χ4v) is 1.83. The van der Waals surface area contributed by atoms with Crippen LogP contribution in [-0.4, -0.2) is 48.3 Å². The summed E-state index contributed by atoms with van der Waals surface area (Å²) in [5, 5.41) is 8.91. The van der Waals surface area contributed by atoms with Crippen molar-refractivity contribution in [3.8, 4) is 0 Å². The highest BCUT2D eigenvalue weighted by molar-refractivity contribution is 5.75. The van der Waals surface area contributed by atoms with Crippen LogP contribution in [0.25, 0.3) is 0 Å². The van der Waals surface area contributed by atoms with Crippen molar-refractivity contribution < 1.29 is 14.6 Å². The lowest BCUT2D eigenvalue weighted by atomic mass is 9.90. The van der Waals surface area contributed by atoms with Crippen LogP contribution in [0.1, 0.15) is 26.2 Å².